The van der Waals surface area contributed by atoms with Crippen LogP contribution in [0.5, 0.6) is 0 Å². The van der Waals surface area contributed by atoms with Crippen LogP contribution in [0.2, 0.25) is 0 Å². The van der Waals surface area contributed by atoms with Crippen LogP contribution in [0.25, 0.3) is 0 Å². The molecule has 7 heteroatoms. The molecule has 1 N–H and O–H groups in total. The van der Waals surface area contributed by atoms with Crippen molar-refractivity contribution in [3.63, 3.8) is 0 Å². The Hall–Kier alpha value is -2.12. The van der Waals surface area contributed by atoms with Crippen LogP contribution in [0.4, 0.5) is 4.79 Å². The SMILES string of the molecule is CN(C)C(CNC(=O)N1CCN(CC(=O)N2CCCC2)CC1)Cc1ccccc1. The van der Waals surface area contributed by atoms with Gasteiger partial charge in [0.15, 0.2) is 0 Å². The van der Waals surface area contributed by atoms with E-state index in [1.807, 2.05) is 15.9 Å². The predicted molar refractivity (Wildman–Crippen MR) is 115 cm³/mol. The summed E-state index contributed by atoms with van der Waals surface area (Å²) in [5, 5.41) is 3.11. The van der Waals surface area contributed by atoms with Gasteiger partial charge in [0.05, 0.1) is 6.54 Å². The quantitative estimate of drug-likeness (QED) is 0.744. The Balaban J connectivity index is 1.40. The maximum absolute atomic E-state index is 12.6. The van der Waals surface area contributed by atoms with Crippen molar-refractivity contribution in [2.75, 3.05) is 66.5 Å². The number of likely N-dealkylation sites (tertiary alicyclic amines) is 1. The van der Waals surface area contributed by atoms with E-state index in [9.17, 15) is 9.59 Å². The molecule has 0 radical (unpaired) electrons. The molecular formula is C22H35N5O2. The third-order valence-corrected chi connectivity index (χ3v) is 6.01. The number of carbonyl (C=O) groups excluding carboxylic acids is 2. The highest BCUT2D eigenvalue weighted by Gasteiger charge is 2.25. The molecule has 1 unspecified atom stereocenters. The number of hydrogen-bond donors (Lipinski definition) is 1. The molecule has 3 rings (SSSR count). The molecule has 0 bridgehead atoms. The van der Waals surface area contributed by atoms with Crippen molar-refractivity contribution >= 4 is 11.9 Å². The number of carbonyl (C=O) groups is 2. The minimum atomic E-state index is -0.00423. The van der Waals surface area contributed by atoms with Gasteiger partial charge in [-0.15, -0.1) is 0 Å². The fraction of sp³-hybridized carbons (Fsp3) is 0.636. The van der Waals surface area contributed by atoms with Crippen molar-refractivity contribution in [3.8, 4) is 0 Å². The zero-order chi connectivity index (χ0) is 20.6. The highest BCUT2D eigenvalue weighted by Crippen LogP contribution is 2.10. The molecule has 7 nitrogen and oxygen atoms in total. The number of urea groups is 1. The normalized spacial score (nSPS) is 18.9. The summed E-state index contributed by atoms with van der Waals surface area (Å²) in [6, 6.07) is 10.6. The topological polar surface area (TPSA) is 59.1 Å². The summed E-state index contributed by atoms with van der Waals surface area (Å²) in [6.07, 6.45) is 3.15. The molecule has 160 valence electrons. The Morgan fingerprint density at radius 3 is 2.24 bits per heavy atom. The van der Waals surface area contributed by atoms with Gasteiger partial charge in [-0.1, -0.05) is 30.3 Å². The second-order valence-electron chi connectivity index (χ2n) is 8.34. The lowest BCUT2D eigenvalue weighted by atomic mass is 10.1. The van der Waals surface area contributed by atoms with Gasteiger partial charge in [0.1, 0.15) is 0 Å². The van der Waals surface area contributed by atoms with E-state index in [2.05, 4.69) is 53.5 Å². The van der Waals surface area contributed by atoms with Crippen molar-refractivity contribution < 1.29 is 9.59 Å². The first-order chi connectivity index (χ1) is 14.0. The van der Waals surface area contributed by atoms with Gasteiger partial charge in [0.2, 0.25) is 5.91 Å². The van der Waals surface area contributed by atoms with E-state index in [1.165, 1.54) is 5.56 Å². The molecule has 29 heavy (non-hydrogen) atoms. The van der Waals surface area contributed by atoms with Gasteiger partial charge in [0, 0.05) is 51.9 Å². The van der Waals surface area contributed by atoms with Crippen molar-refractivity contribution in [2.45, 2.75) is 25.3 Å². The number of rotatable bonds is 7. The van der Waals surface area contributed by atoms with E-state index < -0.39 is 0 Å². The van der Waals surface area contributed by atoms with Gasteiger partial charge in [-0.3, -0.25) is 9.69 Å². The van der Waals surface area contributed by atoms with Gasteiger partial charge >= 0.3 is 6.03 Å². The van der Waals surface area contributed by atoms with E-state index in [0.717, 1.165) is 45.4 Å². The van der Waals surface area contributed by atoms with Gasteiger partial charge in [-0.2, -0.15) is 0 Å². The molecule has 1 aromatic carbocycles. The van der Waals surface area contributed by atoms with Crippen LogP contribution >= 0.6 is 0 Å². The minimum Gasteiger partial charge on any atom is -0.342 e. The summed E-state index contributed by atoms with van der Waals surface area (Å²) in [7, 11) is 4.10. The summed E-state index contributed by atoms with van der Waals surface area (Å²) < 4.78 is 0. The highest BCUT2D eigenvalue weighted by molar-refractivity contribution is 5.78. The van der Waals surface area contributed by atoms with Crippen LogP contribution in [0, 0.1) is 0 Å². The molecule has 1 aromatic rings. The largest absolute Gasteiger partial charge is 0.342 e. The zero-order valence-electron chi connectivity index (χ0n) is 17.8. The summed E-state index contributed by atoms with van der Waals surface area (Å²) in [5.41, 5.74) is 1.27. The molecule has 3 amide bonds. The Kier molecular flexibility index (Phi) is 7.89. The van der Waals surface area contributed by atoms with Gasteiger partial charge in [-0.25, -0.2) is 4.79 Å². The maximum atomic E-state index is 12.6. The van der Waals surface area contributed by atoms with Crippen LogP contribution in [0.1, 0.15) is 18.4 Å². The fourth-order valence-corrected chi connectivity index (χ4v) is 4.01. The van der Waals surface area contributed by atoms with E-state index >= 15 is 0 Å². The molecule has 0 saturated carbocycles. The van der Waals surface area contributed by atoms with Crippen LogP contribution in [0.3, 0.4) is 0 Å². The summed E-state index contributed by atoms with van der Waals surface area (Å²) in [4.78, 5) is 33.1. The number of likely N-dealkylation sites (N-methyl/N-ethyl adjacent to an activating group) is 1. The molecule has 2 heterocycles. The molecule has 1 atom stereocenters. The minimum absolute atomic E-state index is 0.00423. The summed E-state index contributed by atoms with van der Waals surface area (Å²) in [5.74, 6) is 0.232. The number of hydrogen-bond acceptors (Lipinski definition) is 4. The average Bonchev–Trinajstić information content (AvgIpc) is 3.27. The maximum Gasteiger partial charge on any atom is 0.317 e. The Morgan fingerprint density at radius 2 is 1.62 bits per heavy atom. The van der Waals surface area contributed by atoms with E-state index in [-0.39, 0.29) is 18.0 Å². The van der Waals surface area contributed by atoms with Crippen molar-refractivity contribution in [3.05, 3.63) is 35.9 Å². The Labute approximate surface area is 174 Å². The van der Waals surface area contributed by atoms with Crippen molar-refractivity contribution in [1.82, 2.24) is 24.9 Å². The van der Waals surface area contributed by atoms with Crippen LogP contribution in [-0.4, -0.2) is 104 Å². The van der Waals surface area contributed by atoms with E-state index in [0.29, 0.717) is 26.2 Å². The fourth-order valence-electron chi connectivity index (χ4n) is 4.01. The molecule has 0 aromatic heterocycles. The third-order valence-electron chi connectivity index (χ3n) is 6.01. The molecule has 2 aliphatic rings. The van der Waals surface area contributed by atoms with Crippen molar-refractivity contribution in [2.24, 2.45) is 0 Å². The van der Waals surface area contributed by atoms with Crippen molar-refractivity contribution in [1.29, 1.82) is 0 Å². The number of benzene rings is 1. The summed E-state index contributed by atoms with van der Waals surface area (Å²) >= 11 is 0. The zero-order valence-corrected chi connectivity index (χ0v) is 17.8. The molecular weight excluding hydrogens is 366 g/mol. The lowest BCUT2D eigenvalue weighted by Crippen LogP contribution is -2.54. The first-order valence-electron chi connectivity index (χ1n) is 10.8. The Bertz CT molecular complexity index is 652. The lowest BCUT2D eigenvalue weighted by molar-refractivity contribution is -0.131. The second kappa shape index (κ2) is 10.6. The predicted octanol–water partition coefficient (Wildman–Crippen LogP) is 1.11. The van der Waals surface area contributed by atoms with E-state index in [1.54, 1.807) is 0 Å². The molecule has 2 aliphatic heterocycles. The van der Waals surface area contributed by atoms with E-state index in [4.69, 9.17) is 0 Å². The van der Waals surface area contributed by atoms with Gasteiger partial charge in [-0.05, 0) is 38.9 Å². The number of nitrogens with one attached hydrogen (secondary N) is 1. The first kappa shape index (κ1) is 21.6. The molecule has 2 fully saturated rings. The lowest BCUT2D eigenvalue weighted by Gasteiger charge is -2.35. The summed E-state index contributed by atoms with van der Waals surface area (Å²) in [6.45, 7) is 5.76. The number of amides is 3. The molecule has 0 spiro atoms. The number of piperazine rings is 1. The Morgan fingerprint density at radius 1 is 0.966 bits per heavy atom. The third kappa shape index (κ3) is 6.44. The monoisotopic (exact) mass is 401 g/mol. The molecule has 0 aliphatic carbocycles. The van der Waals surface area contributed by atoms with Crippen LogP contribution in [-0.2, 0) is 11.2 Å². The van der Waals surface area contributed by atoms with Gasteiger partial charge < -0.3 is 20.0 Å². The average molecular weight is 402 g/mol. The number of nitrogens with zero attached hydrogens (tertiary/aromatic N) is 4. The smallest absolute Gasteiger partial charge is 0.317 e. The first-order valence-corrected chi connectivity index (χ1v) is 10.8. The molecule has 2 saturated heterocycles. The van der Waals surface area contributed by atoms with Gasteiger partial charge in [0.25, 0.3) is 0 Å². The van der Waals surface area contributed by atoms with Crippen LogP contribution in [0.15, 0.2) is 30.3 Å². The second-order valence-corrected chi connectivity index (χ2v) is 8.34. The standard InChI is InChI=1S/C22H35N5O2/c1-24(2)20(16-19-8-4-3-5-9-19)17-23-22(29)27-14-12-25(13-15-27)18-21(28)26-10-6-7-11-26/h3-5,8-9,20H,6-7,10-18H2,1-2H3,(H,23,29). The van der Waals surface area contributed by atoms with Crippen LogP contribution < -0.4 is 5.32 Å². The highest BCUT2D eigenvalue weighted by atomic mass is 16.2.